The van der Waals surface area contributed by atoms with Crippen molar-refractivity contribution in [3.8, 4) is 0 Å². The zero-order chi connectivity index (χ0) is 30.6. The van der Waals surface area contributed by atoms with Crippen LogP contribution in [0.1, 0.15) is 55.6 Å². The van der Waals surface area contributed by atoms with Gasteiger partial charge in [0.1, 0.15) is 17.9 Å². The first-order chi connectivity index (χ1) is 19.3. The Hall–Kier alpha value is -3.36. The lowest BCUT2D eigenvalue weighted by Gasteiger charge is -2.23. The van der Waals surface area contributed by atoms with E-state index in [2.05, 4.69) is 42.0 Å². The summed E-state index contributed by atoms with van der Waals surface area (Å²) in [5, 5.41) is 19.9. The van der Waals surface area contributed by atoms with Crippen LogP contribution in [0.4, 0.5) is 4.39 Å². The normalized spacial score (nSPS) is 12.9. The molecule has 4 amide bonds. The average molecular weight is 682 g/mol. The standard InChI is InChI=1S/C29H37FIN5O5/c1-18(26(38)33-16-21-10-11-22(31)15-23(21)30)34-28(40)24(13-14-32-17-29(2,3)4)35-27(39)20-8-5-19(6-9-20)7-12-25(37)36-41/h5-12,15,18,24,32,41H,13-14,16-17H2,1-4H3,(H,33,38)(H,34,40)(H,35,39)(H,36,37)/b12-7+/t18-,24-/m0/s1. The molecule has 0 aromatic heterocycles. The second kappa shape index (κ2) is 16.2. The molecule has 2 rings (SSSR count). The highest BCUT2D eigenvalue weighted by Crippen LogP contribution is 2.13. The van der Waals surface area contributed by atoms with Crippen molar-refractivity contribution in [3.05, 3.63) is 74.6 Å². The largest absolute Gasteiger partial charge is 0.350 e. The van der Waals surface area contributed by atoms with Crippen LogP contribution in [0.3, 0.4) is 0 Å². The van der Waals surface area contributed by atoms with Crippen LogP contribution in [0.5, 0.6) is 0 Å². The van der Waals surface area contributed by atoms with Gasteiger partial charge in [0.15, 0.2) is 0 Å². The number of carbonyl (C=O) groups excluding carboxylic acids is 4. The summed E-state index contributed by atoms with van der Waals surface area (Å²) in [6.07, 6.45) is 2.87. The molecule has 0 spiro atoms. The molecule has 0 saturated carbocycles. The van der Waals surface area contributed by atoms with E-state index in [4.69, 9.17) is 5.21 Å². The highest BCUT2D eigenvalue weighted by atomic mass is 127. The van der Waals surface area contributed by atoms with E-state index in [0.29, 0.717) is 29.8 Å². The van der Waals surface area contributed by atoms with Gasteiger partial charge in [-0.15, -0.1) is 0 Å². The van der Waals surface area contributed by atoms with E-state index in [1.54, 1.807) is 36.4 Å². The van der Waals surface area contributed by atoms with Gasteiger partial charge < -0.3 is 21.3 Å². The topological polar surface area (TPSA) is 149 Å². The molecule has 2 aromatic carbocycles. The minimum absolute atomic E-state index is 0.0259. The molecule has 10 nitrogen and oxygen atoms in total. The van der Waals surface area contributed by atoms with Crippen molar-refractivity contribution >= 4 is 52.3 Å². The number of hydrogen-bond donors (Lipinski definition) is 6. The molecule has 2 aromatic rings. The average Bonchev–Trinajstić information content (AvgIpc) is 2.92. The number of amides is 4. The fourth-order valence-electron chi connectivity index (χ4n) is 3.55. The second-order valence-electron chi connectivity index (χ2n) is 10.7. The van der Waals surface area contributed by atoms with Crippen molar-refractivity contribution in [2.45, 2.75) is 52.7 Å². The summed E-state index contributed by atoms with van der Waals surface area (Å²) in [6.45, 7) is 8.84. The molecule has 12 heteroatoms. The Balaban J connectivity index is 2.04. The van der Waals surface area contributed by atoms with E-state index >= 15 is 0 Å². The third-order valence-corrected chi connectivity index (χ3v) is 6.49. The van der Waals surface area contributed by atoms with E-state index in [-0.39, 0.29) is 18.4 Å². The Kier molecular flexibility index (Phi) is 13.4. The summed E-state index contributed by atoms with van der Waals surface area (Å²) < 4.78 is 14.8. The Bertz CT molecular complexity index is 1250. The van der Waals surface area contributed by atoms with Crippen LogP contribution in [0.25, 0.3) is 6.08 Å². The first kappa shape index (κ1) is 33.8. The quantitative estimate of drug-likeness (QED) is 0.0630. The number of halogens is 2. The molecule has 0 heterocycles. The fourth-order valence-corrected chi connectivity index (χ4v) is 4.01. The van der Waals surface area contributed by atoms with Crippen molar-refractivity contribution in [2.75, 3.05) is 13.1 Å². The molecular formula is C29H37FIN5O5. The van der Waals surface area contributed by atoms with Gasteiger partial charge in [-0.05, 0) is 90.3 Å². The van der Waals surface area contributed by atoms with Gasteiger partial charge in [-0.25, -0.2) is 9.87 Å². The Morgan fingerprint density at radius 1 is 1.02 bits per heavy atom. The molecule has 0 unspecified atom stereocenters. The van der Waals surface area contributed by atoms with E-state index in [1.807, 2.05) is 22.6 Å². The molecule has 0 aliphatic heterocycles. The summed E-state index contributed by atoms with van der Waals surface area (Å²) in [4.78, 5) is 49.9. The third-order valence-electron chi connectivity index (χ3n) is 5.82. The summed E-state index contributed by atoms with van der Waals surface area (Å²) in [5.74, 6) is -2.64. The maximum Gasteiger partial charge on any atom is 0.267 e. The maximum atomic E-state index is 14.1. The van der Waals surface area contributed by atoms with Gasteiger partial charge in [0.05, 0.1) is 0 Å². The minimum Gasteiger partial charge on any atom is -0.350 e. The summed E-state index contributed by atoms with van der Waals surface area (Å²) in [7, 11) is 0. The third kappa shape index (κ3) is 12.4. The van der Waals surface area contributed by atoms with Gasteiger partial charge in [-0.1, -0.05) is 39.0 Å². The van der Waals surface area contributed by atoms with E-state index in [0.717, 1.165) is 9.65 Å². The van der Waals surface area contributed by atoms with Gasteiger partial charge in [0.2, 0.25) is 11.8 Å². The number of carbonyl (C=O) groups is 4. The maximum absolute atomic E-state index is 14.1. The predicted molar refractivity (Wildman–Crippen MR) is 162 cm³/mol. The molecule has 0 bridgehead atoms. The predicted octanol–water partition coefficient (Wildman–Crippen LogP) is 2.89. The minimum atomic E-state index is -0.938. The molecule has 2 atom stereocenters. The zero-order valence-electron chi connectivity index (χ0n) is 23.5. The molecule has 0 aliphatic carbocycles. The number of hydrogen-bond acceptors (Lipinski definition) is 6. The van der Waals surface area contributed by atoms with Crippen LogP contribution >= 0.6 is 22.6 Å². The van der Waals surface area contributed by atoms with Crippen LogP contribution in [-0.2, 0) is 20.9 Å². The Morgan fingerprint density at radius 3 is 2.32 bits per heavy atom. The van der Waals surface area contributed by atoms with Gasteiger partial charge >= 0.3 is 0 Å². The van der Waals surface area contributed by atoms with E-state index in [9.17, 15) is 23.6 Å². The number of benzene rings is 2. The molecule has 0 saturated heterocycles. The highest BCUT2D eigenvalue weighted by molar-refractivity contribution is 14.1. The van der Waals surface area contributed by atoms with E-state index in [1.165, 1.54) is 24.5 Å². The summed E-state index contributed by atoms with van der Waals surface area (Å²) in [6, 6.07) is 9.12. The number of hydroxylamine groups is 1. The van der Waals surface area contributed by atoms with Crippen molar-refractivity contribution in [2.24, 2.45) is 5.41 Å². The molecule has 41 heavy (non-hydrogen) atoms. The molecule has 6 N–H and O–H groups in total. The first-order valence-corrected chi connectivity index (χ1v) is 14.1. The van der Waals surface area contributed by atoms with Gasteiger partial charge in [0.25, 0.3) is 11.8 Å². The lowest BCUT2D eigenvalue weighted by Crippen LogP contribution is -2.53. The first-order valence-electron chi connectivity index (χ1n) is 13.0. The van der Waals surface area contributed by atoms with Crippen LogP contribution in [-0.4, -0.2) is 54.0 Å². The smallest absolute Gasteiger partial charge is 0.267 e. The van der Waals surface area contributed by atoms with Crippen LogP contribution in [0.15, 0.2) is 48.5 Å². The molecular weight excluding hydrogens is 644 g/mol. The second-order valence-corrected chi connectivity index (χ2v) is 11.9. The van der Waals surface area contributed by atoms with Gasteiger partial charge in [-0.3, -0.25) is 24.4 Å². The fraction of sp³-hybridized carbons (Fsp3) is 0.379. The van der Waals surface area contributed by atoms with Crippen molar-refractivity contribution < 1.29 is 28.8 Å². The zero-order valence-corrected chi connectivity index (χ0v) is 25.7. The molecule has 222 valence electrons. The van der Waals surface area contributed by atoms with Crippen LogP contribution < -0.4 is 26.7 Å². The number of rotatable bonds is 13. The lowest BCUT2D eigenvalue weighted by atomic mass is 9.97. The monoisotopic (exact) mass is 681 g/mol. The summed E-state index contributed by atoms with van der Waals surface area (Å²) >= 11 is 2.00. The van der Waals surface area contributed by atoms with Gasteiger partial charge in [0, 0.05) is 27.3 Å². The molecule has 0 fully saturated rings. The Labute approximate surface area is 253 Å². The van der Waals surface area contributed by atoms with Crippen LogP contribution in [0.2, 0.25) is 0 Å². The Morgan fingerprint density at radius 2 is 1.71 bits per heavy atom. The van der Waals surface area contributed by atoms with Gasteiger partial charge in [-0.2, -0.15) is 0 Å². The highest BCUT2D eigenvalue weighted by Gasteiger charge is 2.25. The molecule has 0 radical (unpaired) electrons. The molecule has 0 aliphatic rings. The van der Waals surface area contributed by atoms with E-state index < -0.39 is 41.5 Å². The lowest BCUT2D eigenvalue weighted by molar-refractivity contribution is -0.129. The van der Waals surface area contributed by atoms with Crippen molar-refractivity contribution in [3.63, 3.8) is 0 Å². The van der Waals surface area contributed by atoms with Crippen LogP contribution in [0, 0.1) is 14.8 Å². The summed E-state index contributed by atoms with van der Waals surface area (Å²) in [5.41, 5.74) is 2.75. The SMILES string of the molecule is C[C@H](NC(=O)[C@H](CCNCC(C)(C)C)NC(=O)c1ccc(/C=C/C(=O)NO)cc1)C(=O)NCc1ccc(I)cc1F. The van der Waals surface area contributed by atoms with Crippen molar-refractivity contribution in [1.29, 1.82) is 0 Å². The number of nitrogens with one attached hydrogen (secondary N) is 5. The van der Waals surface area contributed by atoms with Crippen molar-refractivity contribution in [1.82, 2.24) is 26.7 Å².